The summed E-state index contributed by atoms with van der Waals surface area (Å²) in [5, 5.41) is 9.98. The molecule has 1 unspecified atom stereocenters. The zero-order chi connectivity index (χ0) is 19.3. The third-order valence-corrected chi connectivity index (χ3v) is 3.85. The predicted molar refractivity (Wildman–Crippen MR) is 101 cm³/mol. The first-order valence-electron chi connectivity index (χ1n) is 8.27. The molecule has 0 saturated heterocycles. The number of quaternary nitrogens is 1. The van der Waals surface area contributed by atoms with E-state index in [9.17, 15) is 9.59 Å². The second-order valence-electron chi connectivity index (χ2n) is 7.24. The summed E-state index contributed by atoms with van der Waals surface area (Å²) in [6.45, 7) is 6.30. The highest BCUT2D eigenvalue weighted by Gasteiger charge is 2.21. The van der Waals surface area contributed by atoms with Crippen LogP contribution in [0.15, 0.2) is 34.9 Å². The average molecular weight is 380 g/mol. The summed E-state index contributed by atoms with van der Waals surface area (Å²) in [5.74, 6) is -0.135. The number of nitrogens with one attached hydrogen (secondary N) is 3. The van der Waals surface area contributed by atoms with E-state index in [0.29, 0.717) is 16.6 Å². The minimum atomic E-state index is -0.251. The quantitative estimate of drug-likeness (QED) is 0.713. The second kappa shape index (κ2) is 8.33. The number of hydrogen-bond acceptors (Lipinski definition) is 4. The van der Waals surface area contributed by atoms with Crippen LogP contribution >= 0.6 is 11.6 Å². The van der Waals surface area contributed by atoms with Crippen LogP contribution in [-0.2, 0) is 15.0 Å². The topological polar surface area (TPSA) is 88.7 Å². The lowest BCUT2D eigenvalue weighted by molar-refractivity contribution is -0.862. The highest BCUT2D eigenvalue weighted by Crippen LogP contribution is 2.23. The van der Waals surface area contributed by atoms with Gasteiger partial charge in [0.05, 0.1) is 12.7 Å². The fraction of sp³-hybridized carbons (Fsp3) is 0.389. The van der Waals surface area contributed by atoms with Gasteiger partial charge in [-0.1, -0.05) is 37.5 Å². The standard InChI is InChI=1S/C18H23ClN4O3/c1-18(2,3)14-9-17(26-22-14)21-16(25)11-23(4)10-15(24)20-13-7-5-12(19)6-8-13/h5-9H,10-11H2,1-4H3,(H,20,24)(H,21,25)/p+1. The fourth-order valence-corrected chi connectivity index (χ4v) is 2.34. The van der Waals surface area contributed by atoms with E-state index < -0.39 is 0 Å². The van der Waals surface area contributed by atoms with Gasteiger partial charge >= 0.3 is 0 Å². The number of hydrogen-bond donors (Lipinski definition) is 3. The van der Waals surface area contributed by atoms with Gasteiger partial charge in [0.15, 0.2) is 13.1 Å². The van der Waals surface area contributed by atoms with Crippen molar-refractivity contribution < 1.29 is 19.0 Å². The molecule has 0 radical (unpaired) electrons. The second-order valence-corrected chi connectivity index (χ2v) is 7.68. The molecule has 0 aliphatic rings. The Balaban J connectivity index is 1.80. The molecule has 0 spiro atoms. The Morgan fingerprint density at radius 1 is 1.12 bits per heavy atom. The van der Waals surface area contributed by atoms with Crippen molar-refractivity contribution in [3.05, 3.63) is 41.0 Å². The number of amides is 2. The molecule has 3 N–H and O–H groups in total. The number of anilines is 2. The van der Waals surface area contributed by atoms with Crippen molar-refractivity contribution >= 4 is 35.0 Å². The molecule has 7 nitrogen and oxygen atoms in total. The Hall–Kier alpha value is -2.38. The molecule has 0 aliphatic carbocycles. The van der Waals surface area contributed by atoms with Gasteiger partial charge < -0.3 is 14.7 Å². The van der Waals surface area contributed by atoms with E-state index in [-0.39, 0.29) is 30.3 Å². The molecule has 0 saturated carbocycles. The van der Waals surface area contributed by atoms with Crippen molar-refractivity contribution in [2.75, 3.05) is 30.8 Å². The number of nitrogens with zero attached hydrogens (tertiary/aromatic N) is 1. The van der Waals surface area contributed by atoms with E-state index in [2.05, 4.69) is 15.8 Å². The van der Waals surface area contributed by atoms with Gasteiger partial charge in [-0.2, -0.15) is 0 Å². The molecular formula is C18H24ClN4O3+. The molecule has 2 rings (SSSR count). The Morgan fingerprint density at radius 2 is 1.69 bits per heavy atom. The molecule has 2 aromatic rings. The monoisotopic (exact) mass is 379 g/mol. The molecule has 1 atom stereocenters. The van der Waals surface area contributed by atoms with E-state index in [1.54, 1.807) is 37.4 Å². The number of carbonyl (C=O) groups is 2. The number of rotatable bonds is 6. The van der Waals surface area contributed by atoms with Crippen LogP contribution in [0.2, 0.25) is 5.02 Å². The lowest BCUT2D eigenvalue weighted by Gasteiger charge is -2.13. The molecule has 2 amide bonds. The lowest BCUT2D eigenvalue weighted by Crippen LogP contribution is -3.11. The smallest absolute Gasteiger partial charge is 0.281 e. The number of likely N-dealkylation sites (N-methyl/N-ethyl adjacent to an activating group) is 1. The summed E-state index contributed by atoms with van der Waals surface area (Å²) < 4.78 is 5.13. The van der Waals surface area contributed by atoms with Gasteiger partial charge in [0.1, 0.15) is 0 Å². The number of halogens is 1. The average Bonchev–Trinajstić information content (AvgIpc) is 2.97. The Bertz CT molecular complexity index is 765. The van der Waals surface area contributed by atoms with Crippen LogP contribution in [0.1, 0.15) is 26.5 Å². The molecule has 0 aliphatic heterocycles. The van der Waals surface area contributed by atoms with E-state index >= 15 is 0 Å². The van der Waals surface area contributed by atoms with Crippen LogP contribution in [0.5, 0.6) is 0 Å². The molecule has 0 fully saturated rings. The summed E-state index contributed by atoms with van der Waals surface area (Å²) in [6, 6.07) is 8.55. The van der Waals surface area contributed by atoms with Gasteiger partial charge in [0.25, 0.3) is 11.8 Å². The molecule has 1 aromatic heterocycles. The molecule has 0 bridgehead atoms. The van der Waals surface area contributed by atoms with Gasteiger partial charge in [-0.3, -0.25) is 14.9 Å². The van der Waals surface area contributed by atoms with Crippen molar-refractivity contribution in [3.63, 3.8) is 0 Å². The van der Waals surface area contributed by atoms with Crippen molar-refractivity contribution in [2.24, 2.45) is 0 Å². The molecule has 140 valence electrons. The predicted octanol–water partition coefficient (Wildman–Crippen LogP) is 1.72. The number of carbonyl (C=O) groups excluding carboxylic acids is 2. The summed E-state index contributed by atoms with van der Waals surface area (Å²) >= 11 is 5.81. The van der Waals surface area contributed by atoms with Gasteiger partial charge in [-0.15, -0.1) is 0 Å². The summed E-state index contributed by atoms with van der Waals surface area (Å²) in [5.41, 5.74) is 1.26. The molecule has 1 heterocycles. The van der Waals surface area contributed by atoms with E-state index in [0.717, 1.165) is 10.6 Å². The van der Waals surface area contributed by atoms with Crippen LogP contribution in [0.3, 0.4) is 0 Å². The van der Waals surface area contributed by atoms with Crippen LogP contribution in [0.25, 0.3) is 0 Å². The summed E-state index contributed by atoms with van der Waals surface area (Å²) in [6.07, 6.45) is 0. The first-order valence-corrected chi connectivity index (χ1v) is 8.65. The minimum absolute atomic E-state index is 0.125. The van der Waals surface area contributed by atoms with Crippen molar-refractivity contribution in [3.8, 4) is 0 Å². The first kappa shape index (κ1) is 19.9. The fourth-order valence-electron chi connectivity index (χ4n) is 2.22. The van der Waals surface area contributed by atoms with Crippen molar-refractivity contribution in [1.29, 1.82) is 0 Å². The summed E-state index contributed by atoms with van der Waals surface area (Å²) in [7, 11) is 1.77. The van der Waals surface area contributed by atoms with Gasteiger partial charge in [0, 0.05) is 22.2 Å². The SMILES string of the molecule is C[NH+](CC(=O)Nc1ccc(Cl)cc1)CC(=O)Nc1cc(C(C)(C)C)no1. The van der Waals surface area contributed by atoms with Crippen LogP contribution in [-0.4, -0.2) is 37.1 Å². The normalized spacial score (nSPS) is 12.5. The maximum Gasteiger partial charge on any atom is 0.281 e. The Kier molecular flexibility index (Phi) is 6.39. The lowest BCUT2D eigenvalue weighted by atomic mass is 9.92. The molecular weight excluding hydrogens is 356 g/mol. The van der Waals surface area contributed by atoms with Gasteiger partial charge in [-0.25, -0.2) is 0 Å². The minimum Gasteiger partial charge on any atom is -0.338 e. The maximum atomic E-state index is 12.1. The summed E-state index contributed by atoms with van der Waals surface area (Å²) in [4.78, 5) is 24.9. The maximum absolute atomic E-state index is 12.1. The Labute approximate surface area is 157 Å². The van der Waals surface area contributed by atoms with Gasteiger partial charge in [-0.05, 0) is 24.3 Å². The highest BCUT2D eigenvalue weighted by atomic mass is 35.5. The van der Waals surface area contributed by atoms with Crippen molar-refractivity contribution in [2.45, 2.75) is 26.2 Å². The molecule has 26 heavy (non-hydrogen) atoms. The number of aromatic nitrogens is 1. The van der Waals surface area contributed by atoms with Crippen LogP contribution in [0.4, 0.5) is 11.6 Å². The molecule has 8 heteroatoms. The van der Waals surface area contributed by atoms with Crippen LogP contribution < -0.4 is 15.5 Å². The van der Waals surface area contributed by atoms with E-state index in [1.807, 2.05) is 20.8 Å². The first-order chi connectivity index (χ1) is 12.1. The Morgan fingerprint density at radius 3 is 2.23 bits per heavy atom. The van der Waals surface area contributed by atoms with Crippen molar-refractivity contribution in [1.82, 2.24) is 5.16 Å². The third kappa shape index (κ3) is 6.16. The van der Waals surface area contributed by atoms with Crippen LogP contribution in [0, 0.1) is 0 Å². The van der Waals surface area contributed by atoms with E-state index in [1.165, 1.54) is 0 Å². The third-order valence-electron chi connectivity index (χ3n) is 3.59. The number of benzene rings is 1. The largest absolute Gasteiger partial charge is 0.338 e. The zero-order valence-corrected chi connectivity index (χ0v) is 16.1. The zero-order valence-electron chi connectivity index (χ0n) is 15.4. The highest BCUT2D eigenvalue weighted by molar-refractivity contribution is 6.30. The van der Waals surface area contributed by atoms with E-state index in [4.69, 9.17) is 16.1 Å². The molecule has 1 aromatic carbocycles. The van der Waals surface area contributed by atoms with Gasteiger partial charge in [0.2, 0.25) is 5.88 Å².